The summed E-state index contributed by atoms with van der Waals surface area (Å²) in [6.07, 6.45) is 1.77. The van der Waals surface area contributed by atoms with Crippen molar-refractivity contribution in [2.75, 3.05) is 6.54 Å². The fourth-order valence-electron chi connectivity index (χ4n) is 3.56. The topological polar surface area (TPSA) is 90.3 Å². The van der Waals surface area contributed by atoms with Crippen LogP contribution in [0.4, 0.5) is 0 Å². The van der Waals surface area contributed by atoms with Crippen molar-refractivity contribution in [3.05, 3.63) is 35.9 Å². The molecule has 7 heteroatoms. The van der Waals surface area contributed by atoms with Crippen molar-refractivity contribution in [1.29, 1.82) is 0 Å². The van der Waals surface area contributed by atoms with Crippen molar-refractivity contribution in [3.63, 3.8) is 0 Å². The van der Waals surface area contributed by atoms with Crippen LogP contribution in [0.3, 0.4) is 0 Å². The van der Waals surface area contributed by atoms with Gasteiger partial charge in [0.25, 0.3) is 5.91 Å². The third-order valence-corrected chi connectivity index (χ3v) is 5.09. The van der Waals surface area contributed by atoms with Gasteiger partial charge in [-0.05, 0) is 25.3 Å². The number of hydrogen-bond donors (Lipinski definition) is 1. The van der Waals surface area contributed by atoms with Crippen molar-refractivity contribution in [3.8, 4) is 0 Å². The number of carbonyl (C=O) groups excluding carboxylic acids is 2. The number of aliphatic carboxylic acids is 1. The van der Waals surface area contributed by atoms with E-state index in [2.05, 4.69) is 5.10 Å². The zero-order chi connectivity index (χ0) is 18.7. The monoisotopic (exact) mass is 357 g/mol. The first kappa shape index (κ1) is 18.1. The lowest BCUT2D eigenvalue weighted by atomic mass is 9.90. The summed E-state index contributed by atoms with van der Waals surface area (Å²) in [7, 11) is 0. The maximum Gasteiger partial charge on any atom is 0.308 e. The molecule has 0 aliphatic carbocycles. The summed E-state index contributed by atoms with van der Waals surface area (Å²) in [5.74, 6) is -1.80. The van der Waals surface area contributed by atoms with Crippen LogP contribution in [-0.4, -0.2) is 51.1 Å². The molecule has 3 rings (SSSR count). The van der Waals surface area contributed by atoms with Crippen LogP contribution >= 0.6 is 0 Å². The molecule has 2 heterocycles. The van der Waals surface area contributed by atoms with Crippen molar-refractivity contribution >= 4 is 23.5 Å². The zero-order valence-corrected chi connectivity index (χ0v) is 14.8. The van der Waals surface area contributed by atoms with Crippen LogP contribution in [0.2, 0.25) is 0 Å². The molecule has 0 unspecified atom stereocenters. The highest BCUT2D eigenvalue weighted by atomic mass is 16.4. The Hall–Kier alpha value is -2.70. The Morgan fingerprint density at radius 3 is 2.65 bits per heavy atom. The van der Waals surface area contributed by atoms with Crippen LogP contribution in [0.15, 0.2) is 35.4 Å². The number of benzene rings is 1. The fourth-order valence-corrected chi connectivity index (χ4v) is 3.56. The molecule has 1 fully saturated rings. The number of hydrazone groups is 1. The van der Waals surface area contributed by atoms with Gasteiger partial charge >= 0.3 is 5.97 Å². The maximum atomic E-state index is 12.9. The lowest BCUT2D eigenvalue weighted by molar-refractivity contribution is -0.147. The molecule has 1 aromatic carbocycles. The first-order valence-corrected chi connectivity index (χ1v) is 8.93. The van der Waals surface area contributed by atoms with Gasteiger partial charge in [-0.1, -0.05) is 30.3 Å². The van der Waals surface area contributed by atoms with E-state index in [9.17, 15) is 19.5 Å². The minimum Gasteiger partial charge on any atom is -0.481 e. The lowest BCUT2D eigenvalue weighted by Gasteiger charge is -2.38. The Labute approximate surface area is 152 Å². The minimum absolute atomic E-state index is 0.111. The van der Waals surface area contributed by atoms with E-state index >= 15 is 0 Å². The predicted molar refractivity (Wildman–Crippen MR) is 95.2 cm³/mol. The number of carboxylic acid groups (broad SMARTS) is 1. The van der Waals surface area contributed by atoms with Gasteiger partial charge in [0.2, 0.25) is 5.91 Å². The molecule has 0 aromatic heterocycles. The van der Waals surface area contributed by atoms with Crippen LogP contribution in [0.5, 0.6) is 0 Å². The molecule has 0 bridgehead atoms. The van der Waals surface area contributed by atoms with E-state index in [1.165, 1.54) is 5.01 Å². The molecule has 2 atom stereocenters. The number of hydrogen-bond acceptors (Lipinski definition) is 4. The number of nitrogens with zero attached hydrogens (tertiary/aromatic N) is 3. The first-order valence-electron chi connectivity index (χ1n) is 8.93. The summed E-state index contributed by atoms with van der Waals surface area (Å²) in [6, 6.07) is 9.11. The third kappa shape index (κ3) is 3.76. The number of carbonyl (C=O) groups is 3. The first-order chi connectivity index (χ1) is 12.5. The van der Waals surface area contributed by atoms with Gasteiger partial charge in [-0.3, -0.25) is 14.4 Å². The standard InChI is InChI=1S/C19H23N3O4/c1-13-15(19(25)26)8-5-11-21(13)18(24)16-9-10-17(23)22(20-16)12-14-6-3-2-4-7-14/h2-4,6-7,13,15H,5,8-12H2,1H3,(H,25,26)/t13-,15-/m1/s1. The normalized spacial score (nSPS) is 23.6. The maximum absolute atomic E-state index is 12.9. The largest absolute Gasteiger partial charge is 0.481 e. The van der Waals surface area contributed by atoms with E-state index in [0.717, 1.165) is 5.56 Å². The molecule has 1 N–H and O–H groups in total. The second kappa shape index (κ2) is 7.68. The zero-order valence-electron chi connectivity index (χ0n) is 14.8. The van der Waals surface area contributed by atoms with Crippen LogP contribution in [0, 0.1) is 5.92 Å². The molecule has 26 heavy (non-hydrogen) atoms. The highest BCUT2D eigenvalue weighted by Gasteiger charge is 2.37. The van der Waals surface area contributed by atoms with Gasteiger partial charge in [0.1, 0.15) is 5.71 Å². The SMILES string of the molecule is C[C@@H]1[C@H](C(=O)O)CCCN1C(=O)C1=NN(Cc2ccccc2)C(=O)CC1. The summed E-state index contributed by atoms with van der Waals surface area (Å²) in [6.45, 7) is 2.62. The van der Waals surface area contributed by atoms with E-state index in [1.54, 1.807) is 11.8 Å². The molecule has 0 spiro atoms. The van der Waals surface area contributed by atoms with E-state index in [1.807, 2.05) is 30.3 Å². The van der Waals surface area contributed by atoms with Crippen LogP contribution < -0.4 is 0 Å². The van der Waals surface area contributed by atoms with Crippen LogP contribution in [0.25, 0.3) is 0 Å². The van der Waals surface area contributed by atoms with Crippen molar-refractivity contribution < 1.29 is 19.5 Å². The van der Waals surface area contributed by atoms with Gasteiger partial charge in [-0.2, -0.15) is 5.10 Å². The van der Waals surface area contributed by atoms with Gasteiger partial charge in [0, 0.05) is 25.4 Å². The van der Waals surface area contributed by atoms with E-state index in [4.69, 9.17) is 0 Å². The van der Waals surface area contributed by atoms with E-state index in [-0.39, 0.29) is 24.3 Å². The summed E-state index contributed by atoms with van der Waals surface area (Å²) >= 11 is 0. The average molecular weight is 357 g/mol. The van der Waals surface area contributed by atoms with Gasteiger partial charge < -0.3 is 10.0 Å². The Kier molecular flexibility index (Phi) is 5.35. The second-order valence-electron chi connectivity index (χ2n) is 6.81. The number of amides is 2. The number of likely N-dealkylation sites (tertiary alicyclic amines) is 1. The summed E-state index contributed by atoms with van der Waals surface area (Å²) in [5.41, 5.74) is 1.27. The second-order valence-corrected chi connectivity index (χ2v) is 6.81. The van der Waals surface area contributed by atoms with Crippen LogP contribution in [-0.2, 0) is 20.9 Å². The van der Waals surface area contributed by atoms with Crippen molar-refractivity contribution in [2.24, 2.45) is 11.0 Å². The van der Waals surface area contributed by atoms with Gasteiger partial charge in [0.15, 0.2) is 0 Å². The molecular formula is C19H23N3O4. The molecule has 1 aromatic rings. The van der Waals surface area contributed by atoms with Gasteiger partial charge in [-0.25, -0.2) is 5.01 Å². The third-order valence-electron chi connectivity index (χ3n) is 5.09. The molecule has 138 valence electrons. The Morgan fingerprint density at radius 1 is 1.23 bits per heavy atom. The lowest BCUT2D eigenvalue weighted by Crippen LogP contribution is -2.52. The van der Waals surface area contributed by atoms with Crippen molar-refractivity contribution in [2.45, 2.75) is 45.2 Å². The summed E-state index contributed by atoms with van der Waals surface area (Å²) in [5, 5.41) is 15.0. The molecule has 2 amide bonds. The van der Waals surface area contributed by atoms with Gasteiger partial charge in [-0.15, -0.1) is 0 Å². The summed E-state index contributed by atoms with van der Waals surface area (Å²) in [4.78, 5) is 38.0. The highest BCUT2D eigenvalue weighted by Crippen LogP contribution is 2.25. The average Bonchev–Trinajstić information content (AvgIpc) is 2.64. The molecule has 0 saturated carbocycles. The van der Waals surface area contributed by atoms with Crippen LogP contribution in [0.1, 0.15) is 38.2 Å². The predicted octanol–water partition coefficient (Wildman–Crippen LogP) is 1.88. The fraction of sp³-hybridized carbons (Fsp3) is 0.474. The van der Waals surface area contributed by atoms with E-state index < -0.39 is 11.9 Å². The molecular weight excluding hydrogens is 334 g/mol. The van der Waals surface area contributed by atoms with Gasteiger partial charge in [0.05, 0.1) is 12.5 Å². The summed E-state index contributed by atoms with van der Waals surface area (Å²) < 4.78 is 0. The minimum atomic E-state index is -0.874. The molecule has 0 radical (unpaired) electrons. The molecule has 7 nitrogen and oxygen atoms in total. The number of rotatable bonds is 4. The number of carboxylic acids is 1. The highest BCUT2D eigenvalue weighted by molar-refractivity contribution is 6.39. The Balaban J connectivity index is 1.76. The Morgan fingerprint density at radius 2 is 1.96 bits per heavy atom. The number of piperidine rings is 1. The Bertz CT molecular complexity index is 732. The molecule has 1 saturated heterocycles. The molecule has 2 aliphatic heterocycles. The smallest absolute Gasteiger partial charge is 0.308 e. The molecule has 2 aliphatic rings. The quantitative estimate of drug-likeness (QED) is 0.891. The van der Waals surface area contributed by atoms with Crippen molar-refractivity contribution in [1.82, 2.24) is 9.91 Å². The van der Waals surface area contributed by atoms with E-state index in [0.29, 0.717) is 38.1 Å².